The molecule has 2 N–H and O–H groups in total. The summed E-state index contributed by atoms with van der Waals surface area (Å²) in [4.78, 5) is 8.77. The second-order valence-corrected chi connectivity index (χ2v) is 3.75. The Labute approximate surface area is 115 Å². The predicted molar refractivity (Wildman–Crippen MR) is 66.3 cm³/mol. The normalized spacial score (nSPS) is 19.1. The second kappa shape index (κ2) is 6.40. The van der Waals surface area contributed by atoms with Gasteiger partial charge in [-0.25, -0.2) is 9.97 Å². The highest BCUT2D eigenvalue weighted by molar-refractivity contribution is 5.85. The Kier molecular flexibility index (Phi) is 6.12. The van der Waals surface area contributed by atoms with Crippen molar-refractivity contribution in [3.8, 4) is 0 Å². The van der Waals surface area contributed by atoms with Crippen molar-refractivity contribution in [2.45, 2.75) is 18.6 Å². The Hall–Kier alpha value is -0.790. The number of hydrogen-bond acceptors (Lipinski definition) is 4. The Morgan fingerprint density at radius 3 is 2.44 bits per heavy atom. The smallest absolute Gasteiger partial charge is 0.355 e. The summed E-state index contributed by atoms with van der Waals surface area (Å²) in [6.07, 6.45) is -2.73. The van der Waals surface area contributed by atoms with Crippen LogP contribution in [0.15, 0.2) is 12.4 Å². The van der Waals surface area contributed by atoms with E-state index in [9.17, 15) is 13.2 Å². The van der Waals surface area contributed by atoms with Gasteiger partial charge < -0.3 is 10.6 Å². The van der Waals surface area contributed by atoms with E-state index in [-0.39, 0.29) is 36.7 Å². The highest BCUT2D eigenvalue weighted by atomic mass is 35.5. The molecule has 0 amide bonds. The van der Waals surface area contributed by atoms with Gasteiger partial charge in [-0.3, -0.25) is 0 Å². The lowest BCUT2D eigenvalue weighted by atomic mass is 10.3. The van der Waals surface area contributed by atoms with E-state index in [4.69, 9.17) is 5.73 Å². The van der Waals surface area contributed by atoms with E-state index in [1.807, 2.05) is 0 Å². The fourth-order valence-corrected chi connectivity index (χ4v) is 1.67. The molecule has 1 aliphatic heterocycles. The molecule has 0 aromatic carbocycles. The molecule has 0 radical (unpaired) electrons. The summed E-state index contributed by atoms with van der Waals surface area (Å²) < 4.78 is 37.2. The van der Waals surface area contributed by atoms with Crippen LogP contribution in [0.25, 0.3) is 0 Å². The van der Waals surface area contributed by atoms with Crippen LogP contribution in [0.4, 0.5) is 19.0 Å². The van der Waals surface area contributed by atoms with Gasteiger partial charge in [0.2, 0.25) is 0 Å². The zero-order valence-electron chi connectivity index (χ0n) is 9.22. The van der Waals surface area contributed by atoms with Gasteiger partial charge in [-0.1, -0.05) is 0 Å². The Morgan fingerprint density at radius 1 is 1.28 bits per heavy atom. The first-order chi connectivity index (χ1) is 7.47. The monoisotopic (exact) mass is 304 g/mol. The number of aromatic nitrogens is 2. The van der Waals surface area contributed by atoms with Gasteiger partial charge in [0.25, 0.3) is 0 Å². The van der Waals surface area contributed by atoms with Gasteiger partial charge in [-0.2, -0.15) is 13.2 Å². The number of halogens is 5. The van der Waals surface area contributed by atoms with Gasteiger partial charge in [0.05, 0.1) is 0 Å². The average Bonchev–Trinajstić information content (AvgIpc) is 2.64. The van der Waals surface area contributed by atoms with Gasteiger partial charge >= 0.3 is 6.18 Å². The molecule has 2 heterocycles. The third-order valence-corrected chi connectivity index (χ3v) is 2.49. The minimum atomic E-state index is -4.43. The molecule has 1 aromatic rings. The van der Waals surface area contributed by atoms with Gasteiger partial charge in [0.15, 0.2) is 0 Å². The van der Waals surface area contributed by atoms with Crippen molar-refractivity contribution in [2.75, 3.05) is 18.0 Å². The molecule has 1 aliphatic rings. The molecule has 1 fully saturated rings. The largest absolute Gasteiger partial charge is 0.433 e. The molecule has 0 bridgehead atoms. The molecule has 104 valence electrons. The average molecular weight is 305 g/mol. The topological polar surface area (TPSA) is 55.0 Å². The van der Waals surface area contributed by atoms with Crippen molar-refractivity contribution < 1.29 is 13.2 Å². The number of alkyl halides is 3. The van der Waals surface area contributed by atoms with Crippen LogP contribution >= 0.6 is 24.8 Å². The first kappa shape index (κ1) is 17.2. The molecule has 0 spiro atoms. The molecule has 2 rings (SSSR count). The van der Waals surface area contributed by atoms with E-state index in [0.29, 0.717) is 13.1 Å². The second-order valence-electron chi connectivity index (χ2n) is 3.75. The Morgan fingerprint density at radius 2 is 1.94 bits per heavy atom. The van der Waals surface area contributed by atoms with E-state index in [1.54, 1.807) is 4.90 Å². The van der Waals surface area contributed by atoms with Crippen LogP contribution in [-0.4, -0.2) is 29.1 Å². The van der Waals surface area contributed by atoms with E-state index in [2.05, 4.69) is 9.97 Å². The maximum absolute atomic E-state index is 12.4. The zero-order chi connectivity index (χ0) is 11.8. The van der Waals surface area contributed by atoms with Crippen LogP contribution in [-0.2, 0) is 6.18 Å². The van der Waals surface area contributed by atoms with Crippen LogP contribution in [0.1, 0.15) is 12.1 Å². The molecular weight excluding hydrogens is 292 g/mol. The molecule has 4 nitrogen and oxygen atoms in total. The number of hydrogen-bond donors (Lipinski definition) is 1. The molecule has 0 saturated carbocycles. The third kappa shape index (κ3) is 3.86. The summed E-state index contributed by atoms with van der Waals surface area (Å²) in [6, 6.07) is 0.960. The minimum Gasteiger partial charge on any atom is -0.355 e. The SMILES string of the molecule is Cl.Cl.N[C@H]1CCN(c2cc(C(F)(F)F)ncn2)C1. The van der Waals surface area contributed by atoms with Crippen molar-refractivity contribution in [3.05, 3.63) is 18.1 Å². The standard InChI is InChI=1S/C9H11F3N4.2ClH/c10-9(11,12)7-3-8(15-5-14-7)16-2-1-6(13)4-16;;/h3,5-6H,1-2,4,13H2;2*1H/t6-;;/m0../s1. The molecule has 1 atom stereocenters. The number of anilines is 1. The first-order valence-corrected chi connectivity index (χ1v) is 4.86. The summed E-state index contributed by atoms with van der Waals surface area (Å²) >= 11 is 0. The summed E-state index contributed by atoms with van der Waals surface area (Å²) in [6.45, 7) is 1.17. The molecule has 0 unspecified atom stereocenters. The maximum Gasteiger partial charge on any atom is 0.433 e. The molecule has 18 heavy (non-hydrogen) atoms. The third-order valence-electron chi connectivity index (χ3n) is 2.49. The lowest BCUT2D eigenvalue weighted by Gasteiger charge is -2.17. The zero-order valence-corrected chi connectivity index (χ0v) is 10.9. The predicted octanol–water partition coefficient (Wildman–Crippen LogP) is 1.88. The van der Waals surface area contributed by atoms with Crippen molar-refractivity contribution in [1.29, 1.82) is 0 Å². The highest BCUT2D eigenvalue weighted by Crippen LogP contribution is 2.29. The minimum absolute atomic E-state index is 0. The van der Waals surface area contributed by atoms with Crippen molar-refractivity contribution in [1.82, 2.24) is 9.97 Å². The van der Waals surface area contributed by atoms with E-state index in [0.717, 1.165) is 18.8 Å². The van der Waals surface area contributed by atoms with Gasteiger partial charge in [0.1, 0.15) is 17.8 Å². The quantitative estimate of drug-likeness (QED) is 0.861. The summed E-state index contributed by atoms with van der Waals surface area (Å²) in [5.74, 6) is 0.287. The summed E-state index contributed by atoms with van der Waals surface area (Å²) in [5.41, 5.74) is 4.76. The highest BCUT2D eigenvalue weighted by Gasteiger charge is 2.33. The van der Waals surface area contributed by atoms with E-state index in [1.165, 1.54) is 0 Å². The molecule has 9 heteroatoms. The number of nitrogens with two attached hydrogens (primary N) is 1. The van der Waals surface area contributed by atoms with Gasteiger partial charge in [-0.05, 0) is 6.42 Å². The van der Waals surface area contributed by atoms with E-state index < -0.39 is 11.9 Å². The van der Waals surface area contributed by atoms with Crippen LogP contribution < -0.4 is 10.6 Å². The van der Waals surface area contributed by atoms with E-state index >= 15 is 0 Å². The van der Waals surface area contributed by atoms with Crippen LogP contribution in [0.3, 0.4) is 0 Å². The van der Waals surface area contributed by atoms with Crippen LogP contribution in [0.5, 0.6) is 0 Å². The molecule has 1 aromatic heterocycles. The maximum atomic E-state index is 12.4. The lowest BCUT2D eigenvalue weighted by Crippen LogP contribution is -2.27. The fraction of sp³-hybridized carbons (Fsp3) is 0.556. The summed E-state index contributed by atoms with van der Waals surface area (Å²) in [5, 5.41) is 0. The molecule has 0 aliphatic carbocycles. The first-order valence-electron chi connectivity index (χ1n) is 4.86. The lowest BCUT2D eigenvalue weighted by molar-refractivity contribution is -0.141. The molecule has 1 saturated heterocycles. The summed E-state index contributed by atoms with van der Waals surface area (Å²) in [7, 11) is 0. The number of rotatable bonds is 1. The molecular formula is C9H13Cl2F3N4. The van der Waals surface area contributed by atoms with Crippen molar-refractivity contribution in [2.24, 2.45) is 5.73 Å². The van der Waals surface area contributed by atoms with Crippen LogP contribution in [0.2, 0.25) is 0 Å². The van der Waals surface area contributed by atoms with Gasteiger partial charge in [0, 0.05) is 25.2 Å². The van der Waals surface area contributed by atoms with Crippen LogP contribution in [0, 0.1) is 0 Å². The van der Waals surface area contributed by atoms with Crippen molar-refractivity contribution in [3.63, 3.8) is 0 Å². The fourth-order valence-electron chi connectivity index (χ4n) is 1.67. The van der Waals surface area contributed by atoms with Gasteiger partial charge in [-0.15, -0.1) is 24.8 Å². The Bertz CT molecular complexity index is 388. The number of nitrogens with zero attached hydrogens (tertiary/aromatic N) is 3. The van der Waals surface area contributed by atoms with Crippen molar-refractivity contribution >= 4 is 30.6 Å². The Balaban J connectivity index is 0.00000144.